The van der Waals surface area contributed by atoms with Gasteiger partial charge in [-0.2, -0.15) is 5.10 Å². The summed E-state index contributed by atoms with van der Waals surface area (Å²) in [5, 5.41) is 15.5. The fraction of sp³-hybridized carbons (Fsp3) is 0.562. The average Bonchev–Trinajstić information content (AvgIpc) is 3.14. The second kappa shape index (κ2) is 7.37. The summed E-state index contributed by atoms with van der Waals surface area (Å²) in [6, 6.07) is 3.78. The molecular weight excluding hydrogens is 306 g/mol. The lowest BCUT2D eigenvalue weighted by molar-refractivity contribution is -0.125. The number of amides is 1. The molecule has 8 heteroatoms. The van der Waals surface area contributed by atoms with Gasteiger partial charge in [-0.1, -0.05) is 13.8 Å². The van der Waals surface area contributed by atoms with Crippen LogP contribution in [0.4, 0.5) is 5.82 Å². The van der Waals surface area contributed by atoms with E-state index in [0.29, 0.717) is 18.3 Å². The van der Waals surface area contributed by atoms with Crippen LogP contribution in [0.5, 0.6) is 0 Å². The van der Waals surface area contributed by atoms with Crippen molar-refractivity contribution in [2.75, 3.05) is 24.5 Å². The molecule has 1 fully saturated rings. The lowest BCUT2D eigenvalue weighted by atomic mass is 9.97. The molecule has 1 N–H and O–H groups in total. The maximum atomic E-state index is 12.3. The topological polar surface area (TPSA) is 88.8 Å². The van der Waals surface area contributed by atoms with E-state index in [9.17, 15) is 4.79 Å². The predicted molar refractivity (Wildman–Crippen MR) is 89.7 cm³/mol. The Morgan fingerprint density at radius 3 is 2.79 bits per heavy atom. The molecule has 1 aliphatic heterocycles. The van der Waals surface area contributed by atoms with Gasteiger partial charge >= 0.3 is 0 Å². The molecule has 8 nitrogen and oxygen atoms in total. The van der Waals surface area contributed by atoms with Gasteiger partial charge in [-0.15, -0.1) is 10.2 Å². The Bertz CT molecular complexity index is 654. The molecule has 2 aromatic heterocycles. The van der Waals surface area contributed by atoms with Crippen LogP contribution in [0.2, 0.25) is 0 Å². The molecule has 3 heterocycles. The van der Waals surface area contributed by atoms with Crippen molar-refractivity contribution in [2.45, 2.75) is 26.7 Å². The third-order valence-corrected chi connectivity index (χ3v) is 4.09. The molecule has 128 valence electrons. The molecule has 0 spiro atoms. The van der Waals surface area contributed by atoms with E-state index >= 15 is 0 Å². The van der Waals surface area contributed by atoms with Gasteiger partial charge in [0.15, 0.2) is 11.6 Å². The van der Waals surface area contributed by atoms with Crippen LogP contribution in [0.15, 0.2) is 24.8 Å². The number of anilines is 1. The van der Waals surface area contributed by atoms with E-state index in [-0.39, 0.29) is 11.8 Å². The summed E-state index contributed by atoms with van der Waals surface area (Å²) in [4.78, 5) is 18.3. The maximum Gasteiger partial charge on any atom is 0.224 e. The van der Waals surface area contributed by atoms with Crippen molar-refractivity contribution in [3.05, 3.63) is 24.8 Å². The second-order valence-electron chi connectivity index (χ2n) is 6.51. The molecule has 3 rings (SSSR count). The summed E-state index contributed by atoms with van der Waals surface area (Å²) < 4.78 is 1.56. The fourth-order valence-electron chi connectivity index (χ4n) is 2.78. The summed E-state index contributed by atoms with van der Waals surface area (Å²) >= 11 is 0. The van der Waals surface area contributed by atoms with E-state index in [1.54, 1.807) is 11.0 Å². The van der Waals surface area contributed by atoms with E-state index in [2.05, 4.69) is 44.3 Å². The quantitative estimate of drug-likeness (QED) is 0.882. The van der Waals surface area contributed by atoms with Crippen LogP contribution >= 0.6 is 0 Å². The average molecular weight is 329 g/mol. The zero-order valence-electron chi connectivity index (χ0n) is 14.1. The summed E-state index contributed by atoms with van der Waals surface area (Å²) in [5.74, 6) is 2.03. The van der Waals surface area contributed by atoms with Crippen molar-refractivity contribution in [1.82, 2.24) is 30.3 Å². The van der Waals surface area contributed by atoms with Crippen LogP contribution in [0.1, 0.15) is 26.7 Å². The highest BCUT2D eigenvalue weighted by molar-refractivity contribution is 5.79. The number of carbonyl (C=O) groups is 1. The molecule has 1 amide bonds. The lowest BCUT2D eigenvalue weighted by Gasteiger charge is -2.32. The van der Waals surface area contributed by atoms with E-state index in [1.807, 2.05) is 12.1 Å². The number of nitrogens with one attached hydrogen (secondary N) is 1. The number of hydrogen-bond donors (Lipinski definition) is 1. The molecule has 1 saturated heterocycles. The van der Waals surface area contributed by atoms with Gasteiger partial charge in [-0.3, -0.25) is 4.79 Å². The summed E-state index contributed by atoms with van der Waals surface area (Å²) in [7, 11) is 0. The van der Waals surface area contributed by atoms with Crippen LogP contribution in [0, 0.1) is 11.8 Å². The minimum Gasteiger partial charge on any atom is -0.356 e. The SMILES string of the molecule is CC(C)CNC(=O)C1CCCN(c2ccc(-n3cncn3)nn2)C1. The molecule has 0 radical (unpaired) electrons. The Hall–Kier alpha value is -2.51. The second-order valence-corrected chi connectivity index (χ2v) is 6.51. The first kappa shape index (κ1) is 16.4. The largest absolute Gasteiger partial charge is 0.356 e. The number of rotatable bonds is 5. The van der Waals surface area contributed by atoms with Gasteiger partial charge in [0.25, 0.3) is 0 Å². The molecule has 0 bridgehead atoms. The van der Waals surface area contributed by atoms with Gasteiger partial charge < -0.3 is 10.2 Å². The third-order valence-electron chi connectivity index (χ3n) is 4.09. The van der Waals surface area contributed by atoms with Crippen LogP contribution in [0.25, 0.3) is 5.82 Å². The van der Waals surface area contributed by atoms with Gasteiger partial charge in [0.2, 0.25) is 5.91 Å². The standard InChI is InChI=1S/C16H23N7O/c1-12(2)8-18-16(24)13-4-3-7-22(9-13)14-5-6-15(21-20-14)23-11-17-10-19-23/h5-6,10-13H,3-4,7-9H2,1-2H3,(H,18,24). The number of hydrogen-bond acceptors (Lipinski definition) is 6. The molecule has 0 aliphatic carbocycles. The summed E-state index contributed by atoms with van der Waals surface area (Å²) in [6.07, 6.45) is 4.94. The van der Waals surface area contributed by atoms with E-state index in [4.69, 9.17) is 0 Å². The molecule has 0 saturated carbocycles. The zero-order chi connectivity index (χ0) is 16.9. The van der Waals surface area contributed by atoms with Crippen LogP contribution in [-0.2, 0) is 4.79 Å². The first-order chi connectivity index (χ1) is 11.6. The van der Waals surface area contributed by atoms with Crippen molar-refractivity contribution < 1.29 is 4.79 Å². The van der Waals surface area contributed by atoms with Crippen LogP contribution < -0.4 is 10.2 Å². The van der Waals surface area contributed by atoms with E-state index in [0.717, 1.165) is 31.7 Å². The Labute approximate surface area is 141 Å². The van der Waals surface area contributed by atoms with Gasteiger partial charge in [-0.25, -0.2) is 9.67 Å². The number of nitrogens with zero attached hydrogens (tertiary/aromatic N) is 6. The molecule has 2 aromatic rings. The highest BCUT2D eigenvalue weighted by Crippen LogP contribution is 2.21. The fourth-order valence-corrected chi connectivity index (χ4v) is 2.78. The summed E-state index contributed by atoms with van der Waals surface area (Å²) in [6.45, 7) is 6.49. The Morgan fingerprint density at radius 1 is 1.33 bits per heavy atom. The van der Waals surface area contributed by atoms with E-state index in [1.165, 1.54) is 6.33 Å². The minimum atomic E-state index is 0.00860. The van der Waals surface area contributed by atoms with Gasteiger partial charge in [0.1, 0.15) is 12.7 Å². The van der Waals surface area contributed by atoms with Gasteiger partial charge in [0.05, 0.1) is 5.92 Å². The summed E-state index contributed by atoms with van der Waals surface area (Å²) in [5.41, 5.74) is 0. The molecule has 24 heavy (non-hydrogen) atoms. The predicted octanol–water partition coefficient (Wildman–Crippen LogP) is 1.05. The van der Waals surface area contributed by atoms with Crippen LogP contribution in [-0.4, -0.2) is 50.5 Å². The van der Waals surface area contributed by atoms with E-state index < -0.39 is 0 Å². The van der Waals surface area contributed by atoms with Crippen molar-refractivity contribution in [3.8, 4) is 5.82 Å². The maximum absolute atomic E-state index is 12.3. The molecule has 1 aliphatic rings. The highest BCUT2D eigenvalue weighted by atomic mass is 16.1. The molecular formula is C16H23N7O. The van der Waals surface area contributed by atoms with Crippen molar-refractivity contribution in [1.29, 1.82) is 0 Å². The minimum absolute atomic E-state index is 0.00860. The Balaban J connectivity index is 1.63. The van der Waals surface area contributed by atoms with Crippen LogP contribution in [0.3, 0.4) is 0 Å². The molecule has 1 atom stereocenters. The van der Waals surface area contributed by atoms with Crippen molar-refractivity contribution in [3.63, 3.8) is 0 Å². The van der Waals surface area contributed by atoms with Crippen molar-refractivity contribution in [2.24, 2.45) is 11.8 Å². The highest BCUT2D eigenvalue weighted by Gasteiger charge is 2.26. The normalized spacial score (nSPS) is 18.0. The first-order valence-corrected chi connectivity index (χ1v) is 8.35. The number of piperidine rings is 1. The first-order valence-electron chi connectivity index (χ1n) is 8.35. The smallest absolute Gasteiger partial charge is 0.224 e. The number of carbonyl (C=O) groups excluding carboxylic acids is 1. The Kier molecular flexibility index (Phi) is 5.02. The zero-order valence-corrected chi connectivity index (χ0v) is 14.1. The molecule has 1 unspecified atom stereocenters. The monoisotopic (exact) mass is 329 g/mol. The van der Waals surface area contributed by atoms with Crippen molar-refractivity contribution >= 4 is 11.7 Å². The lowest BCUT2D eigenvalue weighted by Crippen LogP contribution is -2.44. The Morgan fingerprint density at radius 2 is 2.12 bits per heavy atom. The molecule has 0 aromatic carbocycles. The number of aromatic nitrogens is 5. The van der Waals surface area contributed by atoms with Gasteiger partial charge in [0, 0.05) is 19.6 Å². The third kappa shape index (κ3) is 3.87. The van der Waals surface area contributed by atoms with Gasteiger partial charge in [-0.05, 0) is 30.9 Å².